The maximum atomic E-state index is 11.8. The van der Waals surface area contributed by atoms with E-state index in [0.717, 1.165) is 30.6 Å². The van der Waals surface area contributed by atoms with Gasteiger partial charge in [0.2, 0.25) is 0 Å². The molecule has 0 heterocycles. The third kappa shape index (κ3) is 5.41. The minimum atomic E-state index is 0.385. The molecule has 0 amide bonds. The smallest absolute Gasteiger partial charge is 0.168 e. The molecule has 0 spiro atoms. The number of allylic oxidation sites excluding steroid dienone is 2. The molecule has 2 heteroatoms. The van der Waals surface area contributed by atoms with E-state index in [2.05, 4.69) is 13.0 Å². The van der Waals surface area contributed by atoms with Crippen LogP contribution in [0.4, 0.5) is 0 Å². The molecule has 0 N–H and O–H groups in total. The van der Waals surface area contributed by atoms with Crippen LogP contribution in [0.1, 0.15) is 51.9 Å². The summed E-state index contributed by atoms with van der Waals surface area (Å²) in [6.45, 7) is 2.16. The first-order valence-corrected chi connectivity index (χ1v) is 7.30. The molecule has 0 saturated carbocycles. The number of thioether (sulfide) groups is 1. The Bertz CT molecular complexity index is 221. The standard InChI is InChI=1S/C13H22OS/c1-2-10-15-11-13(14)12-8-6-4-3-5-7-9-12/h8H,2-7,9-11H2,1H3. The van der Waals surface area contributed by atoms with Crippen LogP contribution in [0.5, 0.6) is 0 Å². The molecule has 0 fully saturated rings. The summed E-state index contributed by atoms with van der Waals surface area (Å²) >= 11 is 1.78. The van der Waals surface area contributed by atoms with Crippen LogP contribution in [0, 0.1) is 0 Å². The molecule has 0 saturated heterocycles. The lowest BCUT2D eigenvalue weighted by Gasteiger charge is -2.10. The van der Waals surface area contributed by atoms with Crippen molar-refractivity contribution in [3.63, 3.8) is 0 Å². The van der Waals surface area contributed by atoms with Crippen LogP contribution in [0.15, 0.2) is 11.6 Å². The summed E-state index contributed by atoms with van der Waals surface area (Å²) in [6.07, 6.45) is 10.6. The highest BCUT2D eigenvalue weighted by Crippen LogP contribution is 2.19. The van der Waals surface area contributed by atoms with Crippen LogP contribution in [-0.4, -0.2) is 17.3 Å². The first-order chi connectivity index (χ1) is 7.34. The first kappa shape index (κ1) is 12.8. The van der Waals surface area contributed by atoms with Crippen LogP contribution < -0.4 is 0 Å². The van der Waals surface area contributed by atoms with Crippen LogP contribution in [-0.2, 0) is 4.79 Å². The van der Waals surface area contributed by atoms with Crippen molar-refractivity contribution in [1.82, 2.24) is 0 Å². The van der Waals surface area contributed by atoms with Gasteiger partial charge in [-0.1, -0.05) is 25.8 Å². The number of ketones is 1. The van der Waals surface area contributed by atoms with Crippen molar-refractivity contribution in [2.24, 2.45) is 0 Å². The molecule has 0 aromatic rings. The SMILES string of the molecule is CCCSCC(=O)C1=CCCCCCC1. The summed E-state index contributed by atoms with van der Waals surface area (Å²) in [5, 5.41) is 0. The zero-order valence-electron chi connectivity index (χ0n) is 9.76. The molecule has 1 rings (SSSR count). The van der Waals surface area contributed by atoms with Gasteiger partial charge in [-0.3, -0.25) is 4.79 Å². The van der Waals surface area contributed by atoms with Gasteiger partial charge < -0.3 is 0 Å². The molecule has 0 unspecified atom stereocenters. The zero-order valence-corrected chi connectivity index (χ0v) is 10.6. The number of Topliss-reactive ketones (excluding diaryl/α,β-unsaturated/α-hetero) is 1. The van der Waals surface area contributed by atoms with Gasteiger partial charge in [-0.15, -0.1) is 0 Å². The summed E-state index contributed by atoms with van der Waals surface area (Å²) in [6, 6.07) is 0. The topological polar surface area (TPSA) is 17.1 Å². The fraction of sp³-hybridized carbons (Fsp3) is 0.769. The van der Waals surface area contributed by atoms with E-state index in [-0.39, 0.29) is 0 Å². The summed E-state index contributed by atoms with van der Waals surface area (Å²) < 4.78 is 0. The second-order valence-electron chi connectivity index (χ2n) is 4.16. The number of hydrogen-bond acceptors (Lipinski definition) is 2. The largest absolute Gasteiger partial charge is 0.294 e. The fourth-order valence-corrected chi connectivity index (χ4v) is 2.65. The maximum Gasteiger partial charge on any atom is 0.168 e. The molecule has 0 aliphatic heterocycles. The monoisotopic (exact) mass is 226 g/mol. The molecular formula is C13H22OS. The van der Waals surface area contributed by atoms with Gasteiger partial charge in [0.25, 0.3) is 0 Å². The Labute approximate surface area is 97.7 Å². The van der Waals surface area contributed by atoms with Crippen molar-refractivity contribution >= 4 is 17.5 Å². The molecule has 0 aromatic carbocycles. The molecule has 86 valence electrons. The van der Waals surface area contributed by atoms with E-state index in [9.17, 15) is 4.79 Å². The van der Waals surface area contributed by atoms with Gasteiger partial charge in [-0.2, -0.15) is 11.8 Å². The van der Waals surface area contributed by atoms with E-state index in [0.29, 0.717) is 11.5 Å². The molecular weight excluding hydrogens is 204 g/mol. The van der Waals surface area contributed by atoms with Gasteiger partial charge in [0.1, 0.15) is 0 Å². The van der Waals surface area contributed by atoms with Crippen molar-refractivity contribution in [3.8, 4) is 0 Å². The van der Waals surface area contributed by atoms with Crippen LogP contribution >= 0.6 is 11.8 Å². The Balaban J connectivity index is 2.34. The van der Waals surface area contributed by atoms with Crippen molar-refractivity contribution in [2.75, 3.05) is 11.5 Å². The lowest BCUT2D eigenvalue weighted by Crippen LogP contribution is -2.07. The Morgan fingerprint density at radius 1 is 1.33 bits per heavy atom. The predicted molar refractivity (Wildman–Crippen MR) is 68.4 cm³/mol. The first-order valence-electron chi connectivity index (χ1n) is 6.14. The van der Waals surface area contributed by atoms with Crippen LogP contribution in [0.3, 0.4) is 0 Å². The summed E-state index contributed by atoms with van der Waals surface area (Å²) in [5.74, 6) is 2.19. The molecule has 15 heavy (non-hydrogen) atoms. The van der Waals surface area contributed by atoms with Gasteiger partial charge in [-0.05, 0) is 43.4 Å². The summed E-state index contributed by atoms with van der Waals surface area (Å²) in [7, 11) is 0. The number of carbonyl (C=O) groups is 1. The molecule has 1 aliphatic carbocycles. The average molecular weight is 226 g/mol. The molecule has 1 aliphatic rings. The Morgan fingerprint density at radius 2 is 2.13 bits per heavy atom. The van der Waals surface area contributed by atoms with Crippen molar-refractivity contribution in [1.29, 1.82) is 0 Å². The van der Waals surface area contributed by atoms with Crippen molar-refractivity contribution in [3.05, 3.63) is 11.6 Å². The summed E-state index contributed by atoms with van der Waals surface area (Å²) in [4.78, 5) is 11.8. The van der Waals surface area contributed by atoms with Gasteiger partial charge in [0.05, 0.1) is 5.75 Å². The van der Waals surface area contributed by atoms with E-state index in [1.807, 2.05) is 0 Å². The summed E-state index contributed by atoms with van der Waals surface area (Å²) in [5.41, 5.74) is 1.11. The van der Waals surface area contributed by atoms with Gasteiger partial charge in [-0.25, -0.2) is 0 Å². The minimum absolute atomic E-state index is 0.385. The minimum Gasteiger partial charge on any atom is -0.294 e. The second kappa shape index (κ2) is 7.98. The van der Waals surface area contributed by atoms with E-state index in [1.165, 1.54) is 25.7 Å². The Kier molecular flexibility index (Phi) is 6.82. The molecule has 1 nitrogen and oxygen atoms in total. The van der Waals surface area contributed by atoms with Gasteiger partial charge in [0, 0.05) is 0 Å². The predicted octanol–water partition coefficient (Wildman–Crippen LogP) is 3.98. The van der Waals surface area contributed by atoms with Gasteiger partial charge in [0.15, 0.2) is 5.78 Å². The normalized spacial score (nSPS) is 17.8. The average Bonchev–Trinajstić information content (AvgIpc) is 2.17. The van der Waals surface area contributed by atoms with Gasteiger partial charge >= 0.3 is 0 Å². The highest BCUT2D eigenvalue weighted by molar-refractivity contribution is 7.99. The van der Waals surface area contributed by atoms with Crippen molar-refractivity contribution in [2.45, 2.75) is 51.9 Å². The van der Waals surface area contributed by atoms with Crippen molar-refractivity contribution < 1.29 is 4.79 Å². The van der Waals surface area contributed by atoms with E-state index < -0.39 is 0 Å². The molecule has 0 radical (unpaired) electrons. The Hall–Kier alpha value is -0.240. The molecule has 0 aromatic heterocycles. The zero-order chi connectivity index (χ0) is 10.9. The number of rotatable bonds is 5. The fourth-order valence-electron chi connectivity index (χ4n) is 1.85. The third-order valence-electron chi connectivity index (χ3n) is 2.73. The lowest BCUT2D eigenvalue weighted by atomic mass is 9.98. The number of carbonyl (C=O) groups excluding carboxylic acids is 1. The maximum absolute atomic E-state index is 11.8. The van der Waals surface area contributed by atoms with E-state index in [4.69, 9.17) is 0 Å². The third-order valence-corrected chi connectivity index (χ3v) is 3.89. The van der Waals surface area contributed by atoms with Crippen LogP contribution in [0.25, 0.3) is 0 Å². The quantitative estimate of drug-likeness (QED) is 0.660. The molecule has 0 atom stereocenters. The van der Waals surface area contributed by atoms with Crippen LogP contribution in [0.2, 0.25) is 0 Å². The second-order valence-corrected chi connectivity index (χ2v) is 5.26. The highest BCUT2D eigenvalue weighted by atomic mass is 32.2. The Morgan fingerprint density at radius 3 is 2.93 bits per heavy atom. The number of hydrogen-bond donors (Lipinski definition) is 0. The van der Waals surface area contributed by atoms with E-state index >= 15 is 0 Å². The molecule has 0 bridgehead atoms. The lowest BCUT2D eigenvalue weighted by molar-refractivity contribution is -0.113. The highest BCUT2D eigenvalue weighted by Gasteiger charge is 2.10. The van der Waals surface area contributed by atoms with E-state index in [1.54, 1.807) is 11.8 Å².